The number of hydrogen-bond acceptors (Lipinski definition) is 5. The lowest BCUT2D eigenvalue weighted by Crippen LogP contribution is -2.07. The van der Waals surface area contributed by atoms with Gasteiger partial charge in [-0.1, -0.05) is 41.6 Å². The third-order valence-corrected chi connectivity index (χ3v) is 5.36. The van der Waals surface area contributed by atoms with E-state index in [1.54, 1.807) is 13.2 Å². The first-order valence-electron chi connectivity index (χ1n) is 8.95. The summed E-state index contributed by atoms with van der Waals surface area (Å²) >= 11 is 1.39. The molecule has 0 aliphatic carbocycles. The van der Waals surface area contributed by atoms with Gasteiger partial charge in [0.15, 0.2) is 16.8 Å². The highest BCUT2D eigenvalue weighted by molar-refractivity contribution is 7.99. The lowest BCUT2D eigenvalue weighted by atomic mass is 10.0. The lowest BCUT2D eigenvalue weighted by molar-refractivity contribution is 0.102. The second-order valence-electron chi connectivity index (χ2n) is 6.46. The van der Waals surface area contributed by atoms with Gasteiger partial charge in [0.1, 0.15) is 5.75 Å². The highest BCUT2D eigenvalue weighted by Crippen LogP contribution is 2.26. The van der Waals surface area contributed by atoms with E-state index in [1.807, 2.05) is 60.9 Å². The molecular formula is C22H23N3O2S. The van der Waals surface area contributed by atoms with E-state index in [2.05, 4.69) is 16.8 Å². The molecule has 144 valence electrons. The summed E-state index contributed by atoms with van der Waals surface area (Å²) in [4.78, 5) is 12.7. The van der Waals surface area contributed by atoms with Crippen LogP contribution >= 0.6 is 11.8 Å². The number of ketones is 1. The van der Waals surface area contributed by atoms with Crippen LogP contribution in [0.5, 0.6) is 5.75 Å². The normalized spacial score (nSPS) is 10.7. The molecule has 1 aromatic heterocycles. The van der Waals surface area contributed by atoms with Crippen LogP contribution in [0.3, 0.4) is 0 Å². The summed E-state index contributed by atoms with van der Waals surface area (Å²) < 4.78 is 7.18. The molecule has 0 N–H and O–H groups in total. The third kappa shape index (κ3) is 4.34. The minimum atomic E-state index is 0.0849. The number of carbonyl (C=O) groups is 1. The summed E-state index contributed by atoms with van der Waals surface area (Å²) in [5, 5.41) is 9.33. The topological polar surface area (TPSA) is 57.0 Å². The van der Waals surface area contributed by atoms with E-state index in [0.29, 0.717) is 17.5 Å². The van der Waals surface area contributed by atoms with E-state index in [1.165, 1.54) is 11.8 Å². The minimum Gasteiger partial charge on any atom is -0.497 e. The van der Waals surface area contributed by atoms with E-state index >= 15 is 0 Å². The molecule has 0 bridgehead atoms. The van der Waals surface area contributed by atoms with Crippen LogP contribution in [0.2, 0.25) is 0 Å². The van der Waals surface area contributed by atoms with Crippen LogP contribution in [-0.4, -0.2) is 33.4 Å². The van der Waals surface area contributed by atoms with Crippen LogP contribution in [-0.2, 0) is 6.54 Å². The van der Waals surface area contributed by atoms with Crippen molar-refractivity contribution in [1.82, 2.24) is 14.8 Å². The van der Waals surface area contributed by atoms with Crippen molar-refractivity contribution < 1.29 is 9.53 Å². The summed E-state index contributed by atoms with van der Waals surface area (Å²) in [6.45, 7) is 8.38. The van der Waals surface area contributed by atoms with Crippen molar-refractivity contribution in [2.75, 3.05) is 12.9 Å². The van der Waals surface area contributed by atoms with Gasteiger partial charge < -0.3 is 4.74 Å². The number of carbonyl (C=O) groups excluding carboxylic acids is 1. The minimum absolute atomic E-state index is 0.0849. The molecule has 5 nitrogen and oxygen atoms in total. The summed E-state index contributed by atoms with van der Waals surface area (Å²) in [7, 11) is 1.64. The quantitative estimate of drug-likeness (QED) is 0.315. The molecule has 0 spiro atoms. The zero-order valence-electron chi connectivity index (χ0n) is 16.3. The Morgan fingerprint density at radius 3 is 2.57 bits per heavy atom. The van der Waals surface area contributed by atoms with Crippen LogP contribution in [0, 0.1) is 13.8 Å². The Labute approximate surface area is 169 Å². The van der Waals surface area contributed by atoms with E-state index in [-0.39, 0.29) is 5.78 Å². The Morgan fingerprint density at radius 1 is 1.18 bits per heavy atom. The van der Waals surface area contributed by atoms with Gasteiger partial charge >= 0.3 is 0 Å². The van der Waals surface area contributed by atoms with Crippen LogP contribution in [0.25, 0.3) is 11.4 Å². The lowest BCUT2D eigenvalue weighted by Gasteiger charge is -2.09. The van der Waals surface area contributed by atoms with Crippen LogP contribution in [0.15, 0.2) is 60.3 Å². The Hall–Kier alpha value is -2.86. The molecule has 0 radical (unpaired) electrons. The number of nitrogens with zero attached hydrogens (tertiary/aromatic N) is 3. The SMILES string of the molecule is C=CCn1c(SCC(=O)c2ccc(C)cc2C)nnc1-c1ccc(OC)cc1. The average Bonchev–Trinajstić information content (AvgIpc) is 3.09. The van der Waals surface area contributed by atoms with Gasteiger partial charge in [0.2, 0.25) is 0 Å². The first kappa shape index (κ1) is 19.9. The Balaban J connectivity index is 1.81. The number of methoxy groups -OCH3 is 1. The fourth-order valence-corrected chi connectivity index (χ4v) is 3.81. The van der Waals surface area contributed by atoms with Gasteiger partial charge in [0, 0.05) is 17.7 Å². The van der Waals surface area contributed by atoms with Crippen LogP contribution in [0.4, 0.5) is 0 Å². The van der Waals surface area contributed by atoms with Gasteiger partial charge in [-0.2, -0.15) is 0 Å². The Bertz CT molecular complexity index is 994. The van der Waals surface area contributed by atoms with E-state index in [4.69, 9.17) is 4.74 Å². The average molecular weight is 394 g/mol. The number of aryl methyl sites for hydroxylation is 2. The second kappa shape index (κ2) is 8.89. The zero-order chi connectivity index (χ0) is 20.1. The number of benzene rings is 2. The number of hydrogen-bond donors (Lipinski definition) is 0. The monoisotopic (exact) mass is 393 g/mol. The third-order valence-electron chi connectivity index (χ3n) is 4.39. The van der Waals surface area contributed by atoms with Gasteiger partial charge in [0.25, 0.3) is 0 Å². The number of rotatable bonds is 8. The molecule has 0 atom stereocenters. The summed E-state index contributed by atoms with van der Waals surface area (Å²) in [5.74, 6) is 1.92. The number of Topliss-reactive ketones (excluding diaryl/α,β-unsaturated/α-hetero) is 1. The maximum absolute atomic E-state index is 12.7. The summed E-state index contributed by atoms with van der Waals surface area (Å²) in [6, 6.07) is 13.5. The first-order valence-corrected chi connectivity index (χ1v) is 9.94. The fraction of sp³-hybridized carbons (Fsp3) is 0.227. The molecule has 0 saturated carbocycles. The smallest absolute Gasteiger partial charge is 0.192 e. The first-order chi connectivity index (χ1) is 13.5. The van der Waals surface area contributed by atoms with Gasteiger partial charge in [-0.15, -0.1) is 16.8 Å². The molecule has 0 aliphatic heterocycles. The predicted molar refractivity (Wildman–Crippen MR) is 113 cm³/mol. The number of ether oxygens (including phenoxy) is 1. The number of thioether (sulfide) groups is 1. The Kier molecular flexibility index (Phi) is 6.31. The van der Waals surface area contributed by atoms with Crippen molar-refractivity contribution in [2.45, 2.75) is 25.5 Å². The second-order valence-corrected chi connectivity index (χ2v) is 7.41. The van der Waals surface area contributed by atoms with Crippen molar-refractivity contribution in [2.24, 2.45) is 0 Å². The van der Waals surface area contributed by atoms with Gasteiger partial charge in [0.05, 0.1) is 12.9 Å². The Morgan fingerprint density at radius 2 is 1.93 bits per heavy atom. The van der Waals surface area contributed by atoms with Crippen LogP contribution in [0.1, 0.15) is 21.5 Å². The van der Waals surface area contributed by atoms with Gasteiger partial charge in [-0.25, -0.2) is 0 Å². The maximum Gasteiger partial charge on any atom is 0.192 e. The van der Waals surface area contributed by atoms with Crippen molar-refractivity contribution >= 4 is 17.5 Å². The standard InChI is InChI=1S/C22H23N3O2S/c1-5-12-25-21(17-7-9-18(27-4)10-8-17)23-24-22(25)28-14-20(26)19-11-6-15(2)13-16(19)3/h5-11,13H,1,12,14H2,2-4H3. The zero-order valence-corrected chi connectivity index (χ0v) is 17.1. The molecule has 0 fully saturated rings. The van der Waals surface area contributed by atoms with Crippen molar-refractivity contribution in [3.8, 4) is 17.1 Å². The highest BCUT2D eigenvalue weighted by atomic mass is 32.2. The molecular weight excluding hydrogens is 370 g/mol. The molecule has 28 heavy (non-hydrogen) atoms. The molecule has 0 aliphatic rings. The molecule has 6 heteroatoms. The summed E-state index contributed by atoms with van der Waals surface area (Å²) in [5.41, 5.74) is 3.83. The molecule has 0 saturated heterocycles. The molecule has 1 heterocycles. The maximum atomic E-state index is 12.7. The molecule has 0 unspecified atom stereocenters. The largest absolute Gasteiger partial charge is 0.497 e. The van der Waals surface area contributed by atoms with Crippen molar-refractivity contribution in [1.29, 1.82) is 0 Å². The molecule has 3 rings (SSSR count). The number of aromatic nitrogens is 3. The van der Waals surface area contributed by atoms with Gasteiger partial charge in [-0.05, 0) is 43.7 Å². The highest BCUT2D eigenvalue weighted by Gasteiger charge is 2.16. The van der Waals surface area contributed by atoms with Crippen molar-refractivity contribution in [3.63, 3.8) is 0 Å². The summed E-state index contributed by atoms with van der Waals surface area (Å²) in [6.07, 6.45) is 1.80. The van der Waals surface area contributed by atoms with Gasteiger partial charge in [-0.3, -0.25) is 9.36 Å². The molecule has 2 aromatic carbocycles. The van der Waals surface area contributed by atoms with E-state index in [0.717, 1.165) is 33.8 Å². The predicted octanol–water partition coefficient (Wildman–Crippen LogP) is 4.73. The van der Waals surface area contributed by atoms with Crippen LogP contribution < -0.4 is 4.74 Å². The fourth-order valence-electron chi connectivity index (χ4n) is 2.98. The molecule has 0 amide bonds. The van der Waals surface area contributed by atoms with E-state index in [9.17, 15) is 4.79 Å². The number of allylic oxidation sites excluding steroid dienone is 1. The molecule has 3 aromatic rings. The van der Waals surface area contributed by atoms with Crippen molar-refractivity contribution in [3.05, 3.63) is 71.8 Å². The van der Waals surface area contributed by atoms with E-state index < -0.39 is 0 Å².